The topological polar surface area (TPSA) is 46.5 Å². The molecular formula is C15H12BrNO2. The summed E-state index contributed by atoms with van der Waals surface area (Å²) in [6.45, 7) is 3.53. The van der Waals surface area contributed by atoms with E-state index in [1.165, 1.54) is 6.08 Å². The lowest BCUT2D eigenvalue weighted by atomic mass is 9.97. The van der Waals surface area contributed by atoms with Crippen LogP contribution in [0, 0.1) is 0 Å². The molecule has 0 N–H and O–H groups in total. The molecule has 3 nitrogen and oxygen atoms in total. The molecule has 0 spiro atoms. The Balaban J connectivity index is 2.32. The van der Waals surface area contributed by atoms with E-state index in [0.29, 0.717) is 16.8 Å². The van der Waals surface area contributed by atoms with Crippen LogP contribution >= 0.6 is 15.9 Å². The molecule has 0 radical (unpaired) electrons. The van der Waals surface area contributed by atoms with Crippen LogP contribution in [0.2, 0.25) is 0 Å². The van der Waals surface area contributed by atoms with Gasteiger partial charge in [0, 0.05) is 15.6 Å². The molecule has 0 heterocycles. The van der Waals surface area contributed by atoms with Crippen LogP contribution in [0.1, 0.15) is 24.2 Å². The predicted molar refractivity (Wildman–Crippen MR) is 78.4 cm³/mol. The van der Waals surface area contributed by atoms with Crippen LogP contribution in [0.15, 0.2) is 57.0 Å². The Labute approximate surface area is 119 Å². The number of allylic oxidation sites excluding steroid dienone is 4. The number of aliphatic imine (C=N–C) groups is 1. The van der Waals surface area contributed by atoms with Gasteiger partial charge in [0.15, 0.2) is 5.78 Å². The summed E-state index contributed by atoms with van der Waals surface area (Å²) >= 11 is 3.31. The number of carbonyl (C=O) groups excluding carboxylic acids is 2. The van der Waals surface area contributed by atoms with Crippen LogP contribution < -0.4 is 0 Å². The average Bonchev–Trinajstić information content (AvgIpc) is 2.40. The maximum absolute atomic E-state index is 12.0. The maximum Gasteiger partial charge on any atom is 0.277 e. The van der Waals surface area contributed by atoms with Gasteiger partial charge < -0.3 is 0 Å². The van der Waals surface area contributed by atoms with Crippen LogP contribution in [-0.2, 0) is 4.79 Å². The average molecular weight is 318 g/mol. The van der Waals surface area contributed by atoms with E-state index in [-0.39, 0.29) is 11.7 Å². The quantitative estimate of drug-likeness (QED) is 0.744. The van der Waals surface area contributed by atoms with Gasteiger partial charge in [-0.15, -0.1) is 0 Å². The summed E-state index contributed by atoms with van der Waals surface area (Å²) in [7, 11) is 0. The summed E-state index contributed by atoms with van der Waals surface area (Å²) in [5.41, 5.74) is 2.44. The highest BCUT2D eigenvalue weighted by atomic mass is 79.9. The Kier molecular flexibility index (Phi) is 3.90. The van der Waals surface area contributed by atoms with Crippen molar-refractivity contribution in [3.8, 4) is 0 Å². The lowest BCUT2D eigenvalue weighted by Crippen LogP contribution is -2.12. The lowest BCUT2D eigenvalue weighted by Gasteiger charge is -2.10. The Morgan fingerprint density at radius 3 is 2.32 bits per heavy atom. The van der Waals surface area contributed by atoms with Gasteiger partial charge in [0.1, 0.15) is 0 Å². The molecule has 0 saturated carbocycles. The minimum atomic E-state index is -0.311. The molecule has 0 aromatic heterocycles. The van der Waals surface area contributed by atoms with Gasteiger partial charge in [-0.1, -0.05) is 15.9 Å². The van der Waals surface area contributed by atoms with Gasteiger partial charge in [0.2, 0.25) is 0 Å². The van der Waals surface area contributed by atoms with E-state index in [1.807, 2.05) is 0 Å². The summed E-state index contributed by atoms with van der Waals surface area (Å²) < 4.78 is 0.909. The smallest absolute Gasteiger partial charge is 0.277 e. The van der Waals surface area contributed by atoms with Crippen LogP contribution in [0.4, 0.5) is 0 Å². The van der Waals surface area contributed by atoms with Crippen molar-refractivity contribution in [2.24, 2.45) is 4.99 Å². The van der Waals surface area contributed by atoms with Gasteiger partial charge in [0.05, 0.1) is 5.71 Å². The zero-order valence-electron chi connectivity index (χ0n) is 10.6. The third-order valence-electron chi connectivity index (χ3n) is 3.02. The van der Waals surface area contributed by atoms with Crippen LogP contribution in [0.3, 0.4) is 0 Å². The number of rotatable bonds is 1. The second kappa shape index (κ2) is 5.45. The molecule has 0 bridgehead atoms. The van der Waals surface area contributed by atoms with Crippen LogP contribution in [-0.4, -0.2) is 17.4 Å². The fourth-order valence-corrected chi connectivity index (χ4v) is 1.93. The highest BCUT2D eigenvalue weighted by Crippen LogP contribution is 2.16. The summed E-state index contributed by atoms with van der Waals surface area (Å²) in [5, 5.41) is 0. The van der Waals surface area contributed by atoms with Crippen molar-refractivity contribution in [2.75, 3.05) is 0 Å². The molecule has 4 heteroatoms. The summed E-state index contributed by atoms with van der Waals surface area (Å²) in [6, 6.07) is 7.00. The van der Waals surface area contributed by atoms with Gasteiger partial charge in [0.25, 0.3) is 5.91 Å². The van der Waals surface area contributed by atoms with Crippen LogP contribution in [0.5, 0.6) is 0 Å². The third kappa shape index (κ3) is 2.96. The van der Waals surface area contributed by atoms with E-state index in [4.69, 9.17) is 0 Å². The minimum absolute atomic E-state index is 0.0347. The van der Waals surface area contributed by atoms with E-state index in [2.05, 4.69) is 20.9 Å². The Bertz CT molecular complexity index is 637. The van der Waals surface area contributed by atoms with Crippen molar-refractivity contribution < 1.29 is 9.59 Å². The maximum atomic E-state index is 12.0. The van der Waals surface area contributed by atoms with Gasteiger partial charge in [-0.3, -0.25) is 9.59 Å². The fourth-order valence-electron chi connectivity index (χ4n) is 1.67. The first-order valence-corrected chi connectivity index (χ1v) is 6.57. The molecule has 96 valence electrons. The SMILES string of the molecule is CC1=C(C)C(=NC(=O)c2ccc(Br)cc2)C=CC1=O. The zero-order chi connectivity index (χ0) is 14.0. The molecule has 0 fully saturated rings. The first kappa shape index (κ1) is 13.6. The molecule has 1 amide bonds. The van der Waals surface area contributed by atoms with E-state index >= 15 is 0 Å². The molecule has 19 heavy (non-hydrogen) atoms. The molecule has 1 aliphatic carbocycles. The standard InChI is InChI=1S/C15H12BrNO2/c1-9-10(2)14(18)8-7-13(9)17-15(19)11-3-5-12(16)6-4-11/h3-8H,1-2H3. The van der Waals surface area contributed by atoms with E-state index < -0.39 is 0 Å². The van der Waals surface area contributed by atoms with Crippen LogP contribution in [0.25, 0.3) is 0 Å². The van der Waals surface area contributed by atoms with Gasteiger partial charge in [-0.2, -0.15) is 0 Å². The third-order valence-corrected chi connectivity index (χ3v) is 3.55. The molecular weight excluding hydrogens is 306 g/mol. The Hall–Kier alpha value is -1.81. The monoisotopic (exact) mass is 317 g/mol. The zero-order valence-corrected chi connectivity index (χ0v) is 12.2. The van der Waals surface area contributed by atoms with Crippen molar-refractivity contribution in [1.29, 1.82) is 0 Å². The van der Waals surface area contributed by atoms with Crippen molar-refractivity contribution in [3.05, 3.63) is 57.6 Å². The number of benzene rings is 1. The second-order valence-corrected chi connectivity index (χ2v) is 5.17. The number of hydrogen-bond acceptors (Lipinski definition) is 2. The fraction of sp³-hybridized carbons (Fsp3) is 0.133. The summed E-state index contributed by atoms with van der Waals surface area (Å²) in [5.74, 6) is -0.346. The molecule has 0 aliphatic heterocycles. The van der Waals surface area contributed by atoms with Crippen molar-refractivity contribution in [2.45, 2.75) is 13.8 Å². The highest BCUT2D eigenvalue weighted by Gasteiger charge is 2.15. The van der Waals surface area contributed by atoms with E-state index in [1.54, 1.807) is 44.2 Å². The first-order valence-electron chi connectivity index (χ1n) is 5.78. The molecule has 1 aromatic rings. The van der Waals surface area contributed by atoms with Gasteiger partial charge in [-0.05, 0) is 55.8 Å². The molecule has 1 aromatic carbocycles. The number of carbonyl (C=O) groups is 2. The summed E-state index contributed by atoms with van der Waals surface area (Å²) in [4.78, 5) is 27.5. The molecule has 0 saturated heterocycles. The van der Waals surface area contributed by atoms with Gasteiger partial charge >= 0.3 is 0 Å². The normalized spacial score (nSPS) is 17.2. The first-order chi connectivity index (χ1) is 8.99. The molecule has 0 atom stereocenters. The largest absolute Gasteiger partial charge is 0.290 e. The predicted octanol–water partition coefficient (Wildman–Crippen LogP) is 3.51. The van der Waals surface area contributed by atoms with E-state index in [9.17, 15) is 9.59 Å². The Morgan fingerprint density at radius 1 is 1.05 bits per heavy atom. The van der Waals surface area contributed by atoms with Gasteiger partial charge in [-0.25, -0.2) is 4.99 Å². The van der Waals surface area contributed by atoms with Crippen molar-refractivity contribution in [3.63, 3.8) is 0 Å². The number of ketones is 1. The molecule has 1 aliphatic rings. The van der Waals surface area contributed by atoms with Crippen molar-refractivity contribution in [1.82, 2.24) is 0 Å². The minimum Gasteiger partial charge on any atom is -0.290 e. The molecule has 0 unspecified atom stereocenters. The second-order valence-electron chi connectivity index (χ2n) is 4.26. The molecule has 2 rings (SSSR count). The number of hydrogen-bond donors (Lipinski definition) is 0. The number of amides is 1. The number of halogens is 1. The highest BCUT2D eigenvalue weighted by molar-refractivity contribution is 9.10. The lowest BCUT2D eigenvalue weighted by molar-refractivity contribution is -0.111. The Morgan fingerprint density at radius 2 is 1.68 bits per heavy atom. The van der Waals surface area contributed by atoms with E-state index in [0.717, 1.165) is 10.0 Å². The summed E-state index contributed by atoms with van der Waals surface area (Å²) in [6.07, 6.45) is 3.03. The van der Waals surface area contributed by atoms with Crippen molar-refractivity contribution >= 4 is 33.3 Å². The number of nitrogens with zero attached hydrogens (tertiary/aromatic N) is 1.